The van der Waals surface area contributed by atoms with Crippen LogP contribution in [-0.4, -0.2) is 25.9 Å². The third-order valence-electron chi connectivity index (χ3n) is 4.44. The van der Waals surface area contributed by atoms with Gasteiger partial charge in [-0.05, 0) is 55.8 Å². The predicted molar refractivity (Wildman–Crippen MR) is 105 cm³/mol. The van der Waals surface area contributed by atoms with Gasteiger partial charge in [-0.2, -0.15) is 0 Å². The molecule has 0 saturated heterocycles. The monoisotopic (exact) mass is 360 g/mol. The van der Waals surface area contributed by atoms with E-state index in [1.807, 2.05) is 60.8 Å². The fourth-order valence-electron chi connectivity index (χ4n) is 3.27. The van der Waals surface area contributed by atoms with Crippen molar-refractivity contribution in [3.05, 3.63) is 82.4 Å². The topological polar surface area (TPSA) is 68.4 Å². The van der Waals surface area contributed by atoms with E-state index in [1.165, 1.54) is 0 Å². The lowest BCUT2D eigenvalue weighted by Gasteiger charge is -2.13. The highest BCUT2D eigenvalue weighted by Crippen LogP contribution is 2.15. The number of rotatable bonds is 4. The van der Waals surface area contributed by atoms with Gasteiger partial charge >= 0.3 is 0 Å². The van der Waals surface area contributed by atoms with Crippen LogP contribution < -0.4 is 10.9 Å². The summed E-state index contributed by atoms with van der Waals surface area (Å²) in [5.41, 5.74) is 3.42. The highest BCUT2D eigenvalue weighted by atomic mass is 16.1. The van der Waals surface area contributed by atoms with Crippen LogP contribution in [0.5, 0.6) is 0 Å². The number of benzene rings is 1. The number of hydrogen-bond donors (Lipinski definition) is 1. The van der Waals surface area contributed by atoms with Gasteiger partial charge in [0.05, 0.1) is 12.1 Å². The molecule has 0 unspecified atom stereocenters. The highest BCUT2D eigenvalue weighted by molar-refractivity contribution is 5.94. The Labute approximate surface area is 156 Å². The van der Waals surface area contributed by atoms with Crippen molar-refractivity contribution in [2.45, 2.75) is 26.4 Å². The molecule has 0 saturated carbocycles. The second kappa shape index (κ2) is 6.72. The minimum Gasteiger partial charge on any atom is -0.350 e. The van der Waals surface area contributed by atoms with Crippen LogP contribution in [0.1, 0.15) is 29.8 Å². The number of fused-ring (bicyclic) bond motifs is 3. The van der Waals surface area contributed by atoms with Gasteiger partial charge in [-0.25, -0.2) is 4.98 Å². The van der Waals surface area contributed by atoms with E-state index >= 15 is 0 Å². The lowest BCUT2D eigenvalue weighted by molar-refractivity contribution is 0.0943. The molecule has 4 rings (SSSR count). The van der Waals surface area contributed by atoms with E-state index < -0.39 is 0 Å². The molecule has 0 radical (unpaired) electrons. The molecule has 1 amide bonds. The smallest absolute Gasteiger partial charge is 0.276 e. The molecule has 136 valence electrons. The van der Waals surface area contributed by atoms with E-state index in [0.29, 0.717) is 23.3 Å². The van der Waals surface area contributed by atoms with Crippen LogP contribution in [0.3, 0.4) is 0 Å². The molecular formula is C21H20N4O2. The molecule has 0 aliphatic rings. The summed E-state index contributed by atoms with van der Waals surface area (Å²) in [6.07, 6.45) is 3.54. The molecule has 6 heteroatoms. The number of hydrogen-bond acceptors (Lipinski definition) is 3. The van der Waals surface area contributed by atoms with Crippen molar-refractivity contribution in [1.82, 2.24) is 19.3 Å². The van der Waals surface area contributed by atoms with Crippen LogP contribution in [0.25, 0.3) is 16.7 Å². The fraction of sp³-hybridized carbons (Fsp3) is 0.190. The summed E-state index contributed by atoms with van der Waals surface area (Å²) in [4.78, 5) is 29.7. The van der Waals surface area contributed by atoms with Crippen molar-refractivity contribution in [3.8, 4) is 0 Å². The largest absolute Gasteiger partial charge is 0.350 e. The number of nitrogens with zero attached hydrogens (tertiary/aromatic N) is 3. The van der Waals surface area contributed by atoms with Gasteiger partial charge in [0.2, 0.25) is 0 Å². The predicted octanol–water partition coefficient (Wildman–Crippen LogP) is 2.84. The molecule has 6 nitrogen and oxygen atoms in total. The normalized spacial score (nSPS) is 11.4. The third kappa shape index (κ3) is 3.10. The first-order chi connectivity index (χ1) is 13.0. The van der Waals surface area contributed by atoms with Crippen molar-refractivity contribution in [2.24, 2.45) is 0 Å². The van der Waals surface area contributed by atoms with Crippen LogP contribution in [0.2, 0.25) is 0 Å². The van der Waals surface area contributed by atoms with Gasteiger partial charge in [0.15, 0.2) is 5.65 Å². The van der Waals surface area contributed by atoms with Gasteiger partial charge < -0.3 is 9.72 Å². The highest BCUT2D eigenvalue weighted by Gasteiger charge is 2.13. The Morgan fingerprint density at radius 2 is 1.93 bits per heavy atom. The third-order valence-corrected chi connectivity index (χ3v) is 4.44. The van der Waals surface area contributed by atoms with Crippen LogP contribution >= 0.6 is 0 Å². The van der Waals surface area contributed by atoms with Crippen molar-refractivity contribution in [2.75, 3.05) is 0 Å². The minimum atomic E-state index is -0.121. The lowest BCUT2D eigenvalue weighted by atomic mass is 10.1. The zero-order valence-corrected chi connectivity index (χ0v) is 15.2. The van der Waals surface area contributed by atoms with Crippen molar-refractivity contribution >= 4 is 22.6 Å². The van der Waals surface area contributed by atoms with Crippen LogP contribution in [0, 0.1) is 0 Å². The Bertz CT molecular complexity index is 1200. The van der Waals surface area contributed by atoms with Gasteiger partial charge in [-0.3, -0.25) is 14.2 Å². The van der Waals surface area contributed by atoms with E-state index in [0.717, 1.165) is 11.1 Å². The second-order valence-electron chi connectivity index (χ2n) is 6.83. The summed E-state index contributed by atoms with van der Waals surface area (Å²) in [5.74, 6) is -0.121. The van der Waals surface area contributed by atoms with Crippen molar-refractivity contribution in [1.29, 1.82) is 0 Å². The average Bonchev–Trinajstić information content (AvgIpc) is 3.15. The van der Waals surface area contributed by atoms with E-state index in [4.69, 9.17) is 0 Å². The van der Waals surface area contributed by atoms with E-state index in [1.54, 1.807) is 22.9 Å². The summed E-state index contributed by atoms with van der Waals surface area (Å²) in [7, 11) is 0. The fourth-order valence-corrected chi connectivity index (χ4v) is 3.27. The van der Waals surface area contributed by atoms with E-state index in [-0.39, 0.29) is 17.5 Å². The van der Waals surface area contributed by atoms with Crippen molar-refractivity contribution < 1.29 is 4.79 Å². The molecule has 4 aromatic rings. The van der Waals surface area contributed by atoms with Gasteiger partial charge in [0.1, 0.15) is 5.52 Å². The van der Waals surface area contributed by atoms with Crippen molar-refractivity contribution in [3.63, 3.8) is 0 Å². The summed E-state index contributed by atoms with van der Waals surface area (Å²) in [6.45, 7) is 4.19. The zero-order chi connectivity index (χ0) is 19.0. The Hall–Kier alpha value is -3.41. The Kier molecular flexibility index (Phi) is 4.24. The van der Waals surface area contributed by atoms with Crippen LogP contribution in [0.15, 0.2) is 65.7 Å². The summed E-state index contributed by atoms with van der Waals surface area (Å²) in [6, 6.07) is 14.9. The maximum atomic E-state index is 13.0. The summed E-state index contributed by atoms with van der Waals surface area (Å²) in [5, 5.41) is 2.89. The number of pyridine rings is 1. The maximum absolute atomic E-state index is 13.0. The first kappa shape index (κ1) is 17.0. The number of aromatic nitrogens is 3. The minimum absolute atomic E-state index is 0.0636. The summed E-state index contributed by atoms with van der Waals surface area (Å²) < 4.78 is 3.51. The molecule has 1 N–H and O–H groups in total. The number of carbonyl (C=O) groups excluding carboxylic acids is 1. The molecule has 0 fully saturated rings. The second-order valence-corrected chi connectivity index (χ2v) is 6.83. The first-order valence-corrected chi connectivity index (χ1v) is 8.89. The molecule has 0 aliphatic heterocycles. The number of carbonyl (C=O) groups is 1. The lowest BCUT2D eigenvalue weighted by Crippen LogP contribution is -2.30. The Morgan fingerprint density at radius 3 is 2.74 bits per heavy atom. The zero-order valence-electron chi connectivity index (χ0n) is 15.2. The molecule has 0 bridgehead atoms. The van der Waals surface area contributed by atoms with E-state index in [2.05, 4.69) is 10.3 Å². The molecule has 3 heterocycles. The van der Waals surface area contributed by atoms with Gasteiger partial charge in [-0.1, -0.05) is 12.1 Å². The summed E-state index contributed by atoms with van der Waals surface area (Å²) >= 11 is 0. The van der Waals surface area contributed by atoms with Gasteiger partial charge in [0.25, 0.3) is 11.5 Å². The van der Waals surface area contributed by atoms with Gasteiger partial charge in [-0.15, -0.1) is 0 Å². The van der Waals surface area contributed by atoms with E-state index in [9.17, 15) is 9.59 Å². The average molecular weight is 360 g/mol. The number of amides is 1. The Balaban J connectivity index is 1.81. The SMILES string of the molecule is CC(C)NC(=O)c1cccc(Cn2c(=O)c3cccn3c3cccnc32)c1. The standard InChI is InChI=1S/C21H20N4O2/c1-14(2)23-20(26)16-7-3-6-15(12-16)13-25-19-17(8-4-10-22-19)24-11-5-9-18(24)21(25)27/h3-12,14H,13H2,1-2H3,(H,23,26). The molecule has 0 aliphatic carbocycles. The maximum Gasteiger partial charge on any atom is 0.276 e. The molecule has 27 heavy (non-hydrogen) atoms. The Morgan fingerprint density at radius 1 is 1.11 bits per heavy atom. The molecule has 1 aromatic carbocycles. The molecular weight excluding hydrogens is 340 g/mol. The molecule has 0 spiro atoms. The molecule has 0 atom stereocenters. The van der Waals surface area contributed by atoms with Gasteiger partial charge in [0, 0.05) is 24.0 Å². The molecule has 3 aromatic heterocycles. The number of nitrogens with one attached hydrogen (secondary N) is 1. The van der Waals surface area contributed by atoms with Crippen LogP contribution in [0.4, 0.5) is 0 Å². The quantitative estimate of drug-likeness (QED) is 0.608. The van der Waals surface area contributed by atoms with Crippen LogP contribution in [-0.2, 0) is 6.54 Å². The first-order valence-electron chi connectivity index (χ1n) is 8.89.